The first kappa shape index (κ1) is 25.0. The van der Waals surface area contributed by atoms with Gasteiger partial charge in [0, 0.05) is 22.7 Å². The summed E-state index contributed by atoms with van der Waals surface area (Å²) < 4.78 is 6.18. The monoisotopic (exact) mass is 499 g/mol. The topological polar surface area (TPSA) is 75.6 Å². The lowest BCUT2D eigenvalue weighted by atomic mass is 9.92. The lowest BCUT2D eigenvalue weighted by Crippen LogP contribution is -2.11. The molecule has 4 rings (SSSR count). The minimum absolute atomic E-state index is 0.0840. The van der Waals surface area contributed by atoms with Crippen LogP contribution in [0.3, 0.4) is 0 Å². The summed E-state index contributed by atoms with van der Waals surface area (Å²) in [6, 6.07) is 27.8. The fourth-order valence-electron chi connectivity index (χ4n) is 3.97. The number of carbonyl (C=O) groups excluding carboxylic acids is 1. The van der Waals surface area contributed by atoms with Crippen molar-refractivity contribution in [2.75, 3.05) is 5.32 Å². The molecule has 182 valence electrons. The second kappa shape index (κ2) is 11.6. The number of carboxylic acids is 1. The van der Waals surface area contributed by atoms with Crippen LogP contribution in [0.4, 0.5) is 5.69 Å². The van der Waals surface area contributed by atoms with Gasteiger partial charge in [0.25, 0.3) is 0 Å². The molecule has 0 heterocycles. The second-order valence-electron chi connectivity index (χ2n) is 8.36. The largest absolute Gasteiger partial charge is 0.488 e. The molecular weight excluding hydrogens is 474 g/mol. The van der Waals surface area contributed by atoms with E-state index in [0.29, 0.717) is 41.5 Å². The Bertz CT molecular complexity index is 1390. The van der Waals surface area contributed by atoms with Gasteiger partial charge in [0.2, 0.25) is 5.91 Å². The molecular formula is C30H26ClNO4. The maximum Gasteiger partial charge on any atom is 0.335 e. The van der Waals surface area contributed by atoms with Gasteiger partial charge in [-0.15, -0.1) is 0 Å². The van der Waals surface area contributed by atoms with Crippen molar-refractivity contribution in [1.82, 2.24) is 0 Å². The smallest absolute Gasteiger partial charge is 0.335 e. The Morgan fingerprint density at radius 3 is 2.31 bits per heavy atom. The molecule has 4 aromatic rings. The van der Waals surface area contributed by atoms with Crippen LogP contribution in [-0.4, -0.2) is 17.0 Å². The third kappa shape index (κ3) is 6.12. The summed E-state index contributed by atoms with van der Waals surface area (Å²) in [5.74, 6) is -0.581. The van der Waals surface area contributed by atoms with Crippen molar-refractivity contribution >= 4 is 29.2 Å². The van der Waals surface area contributed by atoms with Gasteiger partial charge in [0.05, 0.1) is 5.56 Å². The van der Waals surface area contributed by atoms with E-state index in [-0.39, 0.29) is 11.5 Å². The highest BCUT2D eigenvalue weighted by molar-refractivity contribution is 6.31. The van der Waals surface area contributed by atoms with E-state index in [1.165, 1.54) is 6.07 Å². The number of carboxylic acid groups (broad SMARTS) is 1. The molecule has 0 aliphatic heterocycles. The highest BCUT2D eigenvalue weighted by Crippen LogP contribution is 2.40. The molecule has 6 heteroatoms. The number of halogens is 1. The van der Waals surface area contributed by atoms with Crippen LogP contribution in [-0.2, 0) is 11.4 Å². The van der Waals surface area contributed by atoms with Crippen LogP contribution in [0.15, 0.2) is 91.0 Å². The number of ether oxygens (including phenoxy) is 1. The van der Waals surface area contributed by atoms with E-state index < -0.39 is 5.97 Å². The molecule has 0 aliphatic carbocycles. The van der Waals surface area contributed by atoms with E-state index in [1.807, 2.05) is 73.7 Å². The summed E-state index contributed by atoms with van der Waals surface area (Å²) in [4.78, 5) is 24.1. The van der Waals surface area contributed by atoms with Crippen molar-refractivity contribution in [2.24, 2.45) is 0 Å². The van der Waals surface area contributed by atoms with Gasteiger partial charge in [-0.2, -0.15) is 0 Å². The number of rotatable bonds is 9. The summed E-state index contributed by atoms with van der Waals surface area (Å²) in [6.45, 7) is 2.30. The average molecular weight is 500 g/mol. The van der Waals surface area contributed by atoms with Gasteiger partial charge < -0.3 is 15.2 Å². The molecule has 4 aromatic carbocycles. The lowest BCUT2D eigenvalue weighted by molar-refractivity contribution is -0.116. The summed E-state index contributed by atoms with van der Waals surface area (Å²) in [6.07, 6.45) is 1.05. The third-order valence-corrected chi connectivity index (χ3v) is 5.88. The molecule has 2 N–H and O–H groups in total. The van der Waals surface area contributed by atoms with E-state index in [1.54, 1.807) is 18.2 Å². The first-order valence-corrected chi connectivity index (χ1v) is 12.1. The molecule has 0 spiro atoms. The van der Waals surface area contributed by atoms with E-state index in [9.17, 15) is 14.7 Å². The second-order valence-corrected chi connectivity index (χ2v) is 8.80. The third-order valence-electron chi connectivity index (χ3n) is 5.65. The number of nitrogens with one attached hydrogen (secondary N) is 1. The number of hydrogen-bond acceptors (Lipinski definition) is 3. The van der Waals surface area contributed by atoms with Crippen LogP contribution in [0.25, 0.3) is 22.3 Å². The number of aromatic carboxylic acids is 1. The van der Waals surface area contributed by atoms with E-state index in [4.69, 9.17) is 16.3 Å². The van der Waals surface area contributed by atoms with Crippen LogP contribution < -0.4 is 10.1 Å². The normalized spacial score (nSPS) is 10.6. The summed E-state index contributed by atoms with van der Waals surface area (Å²) in [7, 11) is 0. The fourth-order valence-corrected chi connectivity index (χ4v) is 4.14. The molecule has 0 aliphatic rings. The van der Waals surface area contributed by atoms with Crippen LogP contribution in [0, 0.1) is 0 Å². The van der Waals surface area contributed by atoms with Gasteiger partial charge in [-0.1, -0.05) is 73.1 Å². The van der Waals surface area contributed by atoms with Crippen molar-refractivity contribution in [3.8, 4) is 28.0 Å². The number of anilines is 1. The Hall–Kier alpha value is -4.09. The summed E-state index contributed by atoms with van der Waals surface area (Å²) in [5.41, 5.74) is 4.62. The average Bonchev–Trinajstić information content (AvgIpc) is 2.88. The Morgan fingerprint density at radius 1 is 0.861 bits per heavy atom. The number of hydrogen-bond donors (Lipinski definition) is 2. The Balaban J connectivity index is 1.78. The SMILES string of the molecule is CCCC(=O)Nc1cc(C(=O)O)cc(-c2ccccc2-c2cc(Cl)ccc2OCc2ccccc2)c1. The summed E-state index contributed by atoms with van der Waals surface area (Å²) in [5, 5.41) is 13.1. The zero-order valence-electron chi connectivity index (χ0n) is 19.8. The van der Waals surface area contributed by atoms with Crippen molar-refractivity contribution in [3.63, 3.8) is 0 Å². The van der Waals surface area contributed by atoms with E-state index in [0.717, 1.165) is 22.3 Å². The molecule has 0 fully saturated rings. The van der Waals surface area contributed by atoms with Crippen LogP contribution in [0.2, 0.25) is 5.02 Å². The Kier molecular flexibility index (Phi) is 8.03. The van der Waals surface area contributed by atoms with Gasteiger partial charge in [-0.05, 0) is 65.1 Å². The first-order valence-electron chi connectivity index (χ1n) is 11.7. The molecule has 5 nitrogen and oxygen atoms in total. The number of benzene rings is 4. The molecule has 36 heavy (non-hydrogen) atoms. The number of carbonyl (C=O) groups is 2. The molecule has 0 atom stereocenters. The predicted molar refractivity (Wildman–Crippen MR) is 144 cm³/mol. The van der Waals surface area contributed by atoms with Gasteiger partial charge in [0.15, 0.2) is 0 Å². The molecule has 0 unspecified atom stereocenters. The van der Waals surface area contributed by atoms with E-state index in [2.05, 4.69) is 5.32 Å². The quantitative estimate of drug-likeness (QED) is 0.247. The van der Waals surface area contributed by atoms with Crippen LogP contribution in [0.1, 0.15) is 35.7 Å². The lowest BCUT2D eigenvalue weighted by Gasteiger charge is -2.17. The molecule has 0 bridgehead atoms. The highest BCUT2D eigenvalue weighted by Gasteiger charge is 2.16. The standard InChI is InChI=1S/C30H26ClNO4/c1-2-8-29(33)32-24-16-21(15-22(17-24)30(34)35)25-11-6-7-12-26(25)27-18-23(31)13-14-28(27)36-19-20-9-4-3-5-10-20/h3-7,9-18H,2,8,19H2,1H3,(H,32,33)(H,34,35). The number of amides is 1. The van der Waals surface area contributed by atoms with Crippen molar-refractivity contribution < 1.29 is 19.4 Å². The van der Waals surface area contributed by atoms with Crippen molar-refractivity contribution in [1.29, 1.82) is 0 Å². The van der Waals surface area contributed by atoms with Gasteiger partial charge >= 0.3 is 5.97 Å². The maximum atomic E-state index is 12.2. The van der Waals surface area contributed by atoms with Crippen molar-refractivity contribution in [2.45, 2.75) is 26.4 Å². The fraction of sp³-hybridized carbons (Fsp3) is 0.133. The van der Waals surface area contributed by atoms with E-state index >= 15 is 0 Å². The highest BCUT2D eigenvalue weighted by atomic mass is 35.5. The first-order chi connectivity index (χ1) is 17.4. The minimum Gasteiger partial charge on any atom is -0.488 e. The van der Waals surface area contributed by atoms with Crippen molar-refractivity contribution in [3.05, 3.63) is 107 Å². The summed E-state index contributed by atoms with van der Waals surface area (Å²) >= 11 is 6.38. The molecule has 0 saturated heterocycles. The minimum atomic E-state index is -1.07. The van der Waals surface area contributed by atoms with Gasteiger partial charge in [-0.3, -0.25) is 4.79 Å². The van der Waals surface area contributed by atoms with Gasteiger partial charge in [0.1, 0.15) is 12.4 Å². The molecule has 0 radical (unpaired) electrons. The van der Waals surface area contributed by atoms with Gasteiger partial charge in [-0.25, -0.2) is 4.79 Å². The zero-order chi connectivity index (χ0) is 25.5. The zero-order valence-corrected chi connectivity index (χ0v) is 20.6. The molecule has 1 amide bonds. The Morgan fingerprint density at radius 2 is 1.58 bits per heavy atom. The predicted octanol–water partition coefficient (Wildman–Crippen LogP) is 7.69. The molecule has 0 saturated carbocycles. The molecule has 0 aromatic heterocycles. The van der Waals surface area contributed by atoms with Crippen LogP contribution in [0.5, 0.6) is 5.75 Å². The van der Waals surface area contributed by atoms with Crippen LogP contribution >= 0.6 is 11.6 Å². The Labute approximate surface area is 215 Å². The maximum absolute atomic E-state index is 12.2.